The molecule has 0 unspecified atom stereocenters. The van der Waals surface area contributed by atoms with E-state index in [1.165, 1.54) is 11.8 Å². The van der Waals surface area contributed by atoms with Crippen LogP contribution in [-0.2, 0) is 11.2 Å². The van der Waals surface area contributed by atoms with Gasteiger partial charge in [-0.3, -0.25) is 4.79 Å². The zero-order valence-electron chi connectivity index (χ0n) is 10.2. The predicted molar refractivity (Wildman–Crippen MR) is 78.9 cm³/mol. The molecule has 0 spiro atoms. The summed E-state index contributed by atoms with van der Waals surface area (Å²) >= 11 is 4.70. The van der Waals surface area contributed by atoms with E-state index in [-0.39, 0.29) is 11.9 Å². The number of amidine groups is 1. The minimum atomic E-state index is -0.0663. The molecule has 1 aromatic carbocycles. The van der Waals surface area contributed by atoms with Gasteiger partial charge in [-0.25, -0.2) is 0 Å². The van der Waals surface area contributed by atoms with Crippen LogP contribution in [0.4, 0.5) is 6.01 Å². The summed E-state index contributed by atoms with van der Waals surface area (Å²) in [5.41, 5.74) is 1.07. The highest BCUT2D eigenvalue weighted by atomic mass is 79.9. The first-order chi connectivity index (χ1) is 9.69. The van der Waals surface area contributed by atoms with Crippen molar-refractivity contribution in [1.29, 1.82) is 0 Å². The molecule has 1 amide bonds. The third-order valence-corrected chi connectivity index (χ3v) is 3.91. The van der Waals surface area contributed by atoms with Crippen molar-refractivity contribution in [1.82, 2.24) is 15.5 Å². The van der Waals surface area contributed by atoms with Crippen LogP contribution in [0.2, 0.25) is 0 Å². The highest BCUT2D eigenvalue weighted by Crippen LogP contribution is 2.18. The maximum absolute atomic E-state index is 11.0. The molecule has 2 aromatic rings. The normalized spacial score (nSPS) is 16.6. The van der Waals surface area contributed by atoms with E-state index in [0.29, 0.717) is 23.2 Å². The fourth-order valence-electron chi connectivity index (χ4n) is 1.61. The molecule has 1 N–H and O–H groups in total. The van der Waals surface area contributed by atoms with Crippen LogP contribution in [-0.4, -0.2) is 27.0 Å². The molecule has 3 rings (SSSR count). The molecule has 1 aromatic heterocycles. The van der Waals surface area contributed by atoms with Crippen molar-refractivity contribution < 1.29 is 9.21 Å². The van der Waals surface area contributed by atoms with E-state index < -0.39 is 0 Å². The topological polar surface area (TPSA) is 80.4 Å². The van der Waals surface area contributed by atoms with Crippen molar-refractivity contribution in [2.45, 2.75) is 6.42 Å². The fraction of sp³-hybridized carbons (Fsp3) is 0.167. The van der Waals surface area contributed by atoms with Gasteiger partial charge in [0.2, 0.25) is 11.8 Å². The van der Waals surface area contributed by atoms with Crippen molar-refractivity contribution in [3.05, 3.63) is 40.2 Å². The highest BCUT2D eigenvalue weighted by molar-refractivity contribution is 9.10. The van der Waals surface area contributed by atoms with Crippen molar-refractivity contribution in [2.24, 2.45) is 4.99 Å². The van der Waals surface area contributed by atoms with Crippen LogP contribution in [0.15, 0.2) is 38.1 Å². The van der Waals surface area contributed by atoms with Crippen molar-refractivity contribution in [3.8, 4) is 0 Å². The van der Waals surface area contributed by atoms with E-state index in [9.17, 15) is 4.79 Å². The lowest BCUT2D eigenvalue weighted by molar-refractivity contribution is -0.116. The van der Waals surface area contributed by atoms with Gasteiger partial charge in [0.25, 0.3) is 0 Å². The lowest BCUT2D eigenvalue weighted by Crippen LogP contribution is -2.19. The minimum absolute atomic E-state index is 0.0663. The van der Waals surface area contributed by atoms with E-state index in [1.807, 2.05) is 24.3 Å². The Morgan fingerprint density at radius 2 is 2.15 bits per heavy atom. The van der Waals surface area contributed by atoms with Crippen LogP contribution >= 0.6 is 27.7 Å². The molecule has 1 saturated heterocycles. The van der Waals surface area contributed by atoms with Gasteiger partial charge in [-0.05, 0) is 17.7 Å². The molecule has 6 nitrogen and oxygen atoms in total. The van der Waals surface area contributed by atoms with Crippen LogP contribution in [0.5, 0.6) is 0 Å². The molecule has 0 saturated carbocycles. The summed E-state index contributed by atoms with van der Waals surface area (Å²) in [5, 5.41) is 10.9. The third-order valence-electron chi connectivity index (χ3n) is 2.51. The number of aromatic nitrogens is 2. The Kier molecular flexibility index (Phi) is 3.83. The number of rotatable bonds is 3. The average molecular weight is 353 g/mol. The molecule has 20 heavy (non-hydrogen) atoms. The zero-order valence-corrected chi connectivity index (χ0v) is 12.6. The fourth-order valence-corrected chi connectivity index (χ4v) is 2.54. The second-order valence-electron chi connectivity index (χ2n) is 4.04. The third kappa shape index (κ3) is 3.26. The number of nitrogens with zero attached hydrogens (tertiary/aromatic N) is 3. The Bertz CT molecular complexity index is 668. The molecule has 0 radical (unpaired) electrons. The molecule has 102 valence electrons. The molecular formula is C12H9BrN4O2S. The van der Waals surface area contributed by atoms with E-state index in [4.69, 9.17) is 4.42 Å². The van der Waals surface area contributed by atoms with Gasteiger partial charge in [0.05, 0.1) is 12.2 Å². The first-order valence-corrected chi connectivity index (χ1v) is 7.55. The SMILES string of the molecule is O=C1CSC(=Nc2nnc(Cc3ccc(Br)cc3)o2)N1. The molecule has 1 aliphatic heterocycles. The number of amides is 1. The van der Waals surface area contributed by atoms with Gasteiger partial charge in [-0.2, -0.15) is 4.99 Å². The van der Waals surface area contributed by atoms with Gasteiger partial charge in [0.1, 0.15) is 0 Å². The molecule has 0 bridgehead atoms. The maximum Gasteiger partial charge on any atom is 0.344 e. The van der Waals surface area contributed by atoms with Crippen LogP contribution in [0.1, 0.15) is 11.5 Å². The zero-order chi connectivity index (χ0) is 13.9. The van der Waals surface area contributed by atoms with Crippen LogP contribution in [0.3, 0.4) is 0 Å². The number of benzene rings is 1. The Morgan fingerprint density at radius 1 is 1.35 bits per heavy atom. The standard InChI is InChI=1S/C12H9BrN4O2S/c13-8-3-1-7(2-4-8)5-10-16-17-11(19-10)15-12-14-9(18)6-20-12/h1-4H,5-6H2,(H,14,15,17,18). The number of nitrogens with one attached hydrogen (secondary N) is 1. The molecule has 0 atom stereocenters. The van der Waals surface area contributed by atoms with Crippen LogP contribution in [0.25, 0.3) is 0 Å². The quantitative estimate of drug-likeness (QED) is 0.916. The number of halogens is 1. The largest absolute Gasteiger partial charge is 0.406 e. The first-order valence-electron chi connectivity index (χ1n) is 5.77. The van der Waals surface area contributed by atoms with Gasteiger partial charge < -0.3 is 9.73 Å². The molecule has 0 aliphatic carbocycles. The van der Waals surface area contributed by atoms with E-state index in [2.05, 4.69) is 36.4 Å². The Balaban J connectivity index is 1.70. The predicted octanol–water partition coefficient (Wildman–Crippen LogP) is 2.27. The van der Waals surface area contributed by atoms with Gasteiger partial charge in [0.15, 0.2) is 5.17 Å². The molecule has 1 fully saturated rings. The molecule has 8 heteroatoms. The number of carbonyl (C=O) groups excluding carboxylic acids is 1. The number of hydrogen-bond acceptors (Lipinski definition) is 6. The van der Waals surface area contributed by atoms with Gasteiger partial charge in [-0.1, -0.05) is 44.9 Å². The first kappa shape index (κ1) is 13.3. The van der Waals surface area contributed by atoms with Gasteiger partial charge in [-0.15, -0.1) is 5.10 Å². The Labute approximate surface area is 127 Å². The Hall–Kier alpha value is -1.67. The number of carbonyl (C=O) groups is 1. The highest BCUT2D eigenvalue weighted by Gasteiger charge is 2.17. The summed E-state index contributed by atoms with van der Waals surface area (Å²) in [6.07, 6.45) is 0.546. The second kappa shape index (κ2) is 5.76. The molecule has 1 aliphatic rings. The average Bonchev–Trinajstić information content (AvgIpc) is 3.02. The summed E-state index contributed by atoms with van der Waals surface area (Å²) in [5.74, 6) is 0.794. The lowest BCUT2D eigenvalue weighted by atomic mass is 10.2. The summed E-state index contributed by atoms with van der Waals surface area (Å²) in [6.45, 7) is 0. The molecular weight excluding hydrogens is 344 g/mol. The molecule has 2 heterocycles. The number of thioether (sulfide) groups is 1. The lowest BCUT2D eigenvalue weighted by Gasteiger charge is -1.96. The van der Waals surface area contributed by atoms with Crippen molar-refractivity contribution in [3.63, 3.8) is 0 Å². The summed E-state index contributed by atoms with van der Waals surface area (Å²) in [6, 6.07) is 8.02. The van der Waals surface area contributed by atoms with Crippen molar-refractivity contribution >= 4 is 44.8 Å². The van der Waals surface area contributed by atoms with E-state index in [0.717, 1.165) is 10.0 Å². The Morgan fingerprint density at radius 3 is 2.85 bits per heavy atom. The number of hydrogen-bond donors (Lipinski definition) is 1. The van der Waals surface area contributed by atoms with Crippen LogP contribution in [0, 0.1) is 0 Å². The monoisotopic (exact) mass is 352 g/mol. The smallest absolute Gasteiger partial charge is 0.344 e. The van der Waals surface area contributed by atoms with Gasteiger partial charge >= 0.3 is 6.01 Å². The summed E-state index contributed by atoms with van der Waals surface area (Å²) < 4.78 is 6.45. The van der Waals surface area contributed by atoms with Gasteiger partial charge in [0, 0.05) is 4.47 Å². The summed E-state index contributed by atoms with van der Waals surface area (Å²) in [7, 11) is 0. The van der Waals surface area contributed by atoms with E-state index in [1.54, 1.807) is 0 Å². The minimum Gasteiger partial charge on any atom is -0.406 e. The summed E-state index contributed by atoms with van der Waals surface area (Å²) in [4.78, 5) is 15.1. The van der Waals surface area contributed by atoms with E-state index >= 15 is 0 Å². The number of aliphatic imine (C=N–C) groups is 1. The van der Waals surface area contributed by atoms with Crippen molar-refractivity contribution in [2.75, 3.05) is 5.75 Å². The second-order valence-corrected chi connectivity index (χ2v) is 5.92. The maximum atomic E-state index is 11.0. The van der Waals surface area contributed by atoms with Crippen LogP contribution < -0.4 is 5.32 Å².